The van der Waals surface area contributed by atoms with E-state index in [-0.39, 0.29) is 11.3 Å². The standard InChI is InChI=1S/C23H26N2O4/c1-27-19-5-3-2-4-18(19)24-10-12-25(13-11-24)22(26)17-6-7-20-21(14-17)29-16-23(8-9-23)15-28-20/h2-7,14H,8-13,15-16H2,1H3. The maximum Gasteiger partial charge on any atom is 0.254 e. The summed E-state index contributed by atoms with van der Waals surface area (Å²) in [6.07, 6.45) is 2.31. The van der Waals surface area contributed by atoms with E-state index in [0.29, 0.717) is 37.6 Å². The summed E-state index contributed by atoms with van der Waals surface area (Å²) in [5, 5.41) is 0. The first-order valence-electron chi connectivity index (χ1n) is 10.2. The molecule has 0 radical (unpaired) electrons. The van der Waals surface area contributed by atoms with Crippen LogP contribution in [0.25, 0.3) is 0 Å². The Hall–Kier alpha value is -2.89. The minimum atomic E-state index is 0.0430. The molecule has 1 saturated heterocycles. The molecule has 152 valence electrons. The molecule has 0 unspecified atom stereocenters. The Morgan fingerprint density at radius 2 is 1.69 bits per heavy atom. The van der Waals surface area contributed by atoms with E-state index in [1.807, 2.05) is 41.3 Å². The minimum Gasteiger partial charge on any atom is -0.495 e. The van der Waals surface area contributed by atoms with Crippen LogP contribution in [0.4, 0.5) is 5.69 Å². The van der Waals surface area contributed by atoms with Crippen molar-refractivity contribution in [2.75, 3.05) is 51.4 Å². The second kappa shape index (κ2) is 7.17. The third-order valence-corrected chi connectivity index (χ3v) is 6.21. The van der Waals surface area contributed by atoms with E-state index >= 15 is 0 Å². The lowest BCUT2D eigenvalue weighted by molar-refractivity contribution is 0.0746. The van der Waals surface area contributed by atoms with Crippen molar-refractivity contribution in [3.8, 4) is 17.2 Å². The van der Waals surface area contributed by atoms with Crippen molar-refractivity contribution in [3.63, 3.8) is 0 Å². The number of hydrogen-bond acceptors (Lipinski definition) is 5. The van der Waals surface area contributed by atoms with Crippen LogP contribution < -0.4 is 19.1 Å². The molecule has 5 rings (SSSR count). The maximum atomic E-state index is 13.1. The minimum absolute atomic E-state index is 0.0430. The molecule has 1 saturated carbocycles. The predicted octanol–water partition coefficient (Wildman–Crippen LogP) is 3.21. The highest BCUT2D eigenvalue weighted by molar-refractivity contribution is 5.95. The molecule has 0 atom stereocenters. The number of anilines is 1. The first kappa shape index (κ1) is 18.2. The highest BCUT2D eigenvalue weighted by Gasteiger charge is 2.46. The molecule has 1 spiro atoms. The van der Waals surface area contributed by atoms with Gasteiger partial charge in [-0.1, -0.05) is 12.1 Å². The summed E-state index contributed by atoms with van der Waals surface area (Å²) in [7, 11) is 1.69. The third kappa shape index (κ3) is 3.48. The number of ether oxygens (including phenoxy) is 3. The third-order valence-electron chi connectivity index (χ3n) is 6.21. The molecular formula is C23H26N2O4. The average Bonchev–Trinajstić information content (AvgIpc) is 3.59. The van der Waals surface area contributed by atoms with E-state index in [1.165, 1.54) is 0 Å². The summed E-state index contributed by atoms with van der Waals surface area (Å²) in [5.41, 5.74) is 1.93. The molecule has 6 nitrogen and oxygen atoms in total. The molecule has 2 aliphatic heterocycles. The SMILES string of the molecule is COc1ccccc1N1CCN(C(=O)c2ccc3c(c2)OCC2(CC2)CO3)CC1. The Morgan fingerprint density at radius 3 is 2.41 bits per heavy atom. The summed E-state index contributed by atoms with van der Waals surface area (Å²) in [6.45, 7) is 4.29. The molecule has 1 aliphatic carbocycles. The van der Waals surface area contributed by atoms with Crippen LogP contribution in [0.1, 0.15) is 23.2 Å². The zero-order valence-corrected chi connectivity index (χ0v) is 16.7. The second-order valence-electron chi connectivity index (χ2n) is 8.19. The number of rotatable bonds is 3. The van der Waals surface area contributed by atoms with Gasteiger partial charge in [0.05, 0.1) is 26.0 Å². The van der Waals surface area contributed by atoms with Crippen LogP contribution in [-0.4, -0.2) is 57.3 Å². The number of amides is 1. The Balaban J connectivity index is 1.26. The summed E-state index contributed by atoms with van der Waals surface area (Å²) in [6, 6.07) is 13.6. The Morgan fingerprint density at radius 1 is 0.966 bits per heavy atom. The monoisotopic (exact) mass is 394 g/mol. The van der Waals surface area contributed by atoms with E-state index < -0.39 is 0 Å². The van der Waals surface area contributed by atoms with Crippen LogP contribution in [0, 0.1) is 5.41 Å². The Labute approximate surface area is 171 Å². The first-order valence-corrected chi connectivity index (χ1v) is 10.2. The van der Waals surface area contributed by atoms with Crippen molar-refractivity contribution >= 4 is 11.6 Å². The van der Waals surface area contributed by atoms with Gasteiger partial charge < -0.3 is 24.0 Å². The van der Waals surface area contributed by atoms with Crippen LogP contribution in [0.5, 0.6) is 17.2 Å². The van der Waals surface area contributed by atoms with Crippen LogP contribution >= 0.6 is 0 Å². The van der Waals surface area contributed by atoms with E-state index in [4.69, 9.17) is 14.2 Å². The normalized spacial score (nSPS) is 19.6. The van der Waals surface area contributed by atoms with Gasteiger partial charge in [-0.2, -0.15) is 0 Å². The van der Waals surface area contributed by atoms with Gasteiger partial charge in [-0.15, -0.1) is 0 Å². The van der Waals surface area contributed by atoms with Crippen molar-refractivity contribution in [1.29, 1.82) is 0 Å². The van der Waals surface area contributed by atoms with Crippen molar-refractivity contribution < 1.29 is 19.0 Å². The van der Waals surface area contributed by atoms with Crippen molar-refractivity contribution in [2.45, 2.75) is 12.8 Å². The summed E-state index contributed by atoms with van der Waals surface area (Å²) in [4.78, 5) is 17.2. The molecule has 2 aromatic carbocycles. The van der Waals surface area contributed by atoms with Gasteiger partial charge in [0.2, 0.25) is 0 Å². The van der Waals surface area contributed by atoms with Gasteiger partial charge in [0, 0.05) is 37.2 Å². The number of para-hydroxylation sites is 2. The molecule has 3 aliphatic rings. The molecule has 2 aromatic rings. The lowest BCUT2D eigenvalue weighted by Gasteiger charge is -2.36. The molecule has 2 heterocycles. The highest BCUT2D eigenvalue weighted by atomic mass is 16.5. The van der Waals surface area contributed by atoms with Gasteiger partial charge in [-0.3, -0.25) is 4.79 Å². The van der Waals surface area contributed by atoms with Gasteiger partial charge in [0.25, 0.3) is 5.91 Å². The van der Waals surface area contributed by atoms with Gasteiger partial charge in [0.15, 0.2) is 11.5 Å². The zero-order valence-electron chi connectivity index (χ0n) is 16.7. The van der Waals surface area contributed by atoms with Crippen molar-refractivity contribution in [2.24, 2.45) is 5.41 Å². The number of carbonyl (C=O) groups excluding carboxylic acids is 1. The smallest absolute Gasteiger partial charge is 0.254 e. The number of hydrogen-bond donors (Lipinski definition) is 0. The molecule has 2 fully saturated rings. The summed E-state index contributed by atoms with van der Waals surface area (Å²) >= 11 is 0. The van der Waals surface area contributed by atoms with Crippen molar-refractivity contribution in [3.05, 3.63) is 48.0 Å². The van der Waals surface area contributed by atoms with E-state index in [2.05, 4.69) is 11.0 Å². The average molecular weight is 394 g/mol. The molecule has 29 heavy (non-hydrogen) atoms. The Kier molecular flexibility index (Phi) is 4.49. The molecule has 6 heteroatoms. The summed E-state index contributed by atoms with van der Waals surface area (Å²) in [5.74, 6) is 2.34. The second-order valence-corrected chi connectivity index (χ2v) is 8.19. The first-order chi connectivity index (χ1) is 14.2. The zero-order chi connectivity index (χ0) is 19.8. The highest BCUT2D eigenvalue weighted by Crippen LogP contribution is 2.49. The molecular weight excluding hydrogens is 368 g/mol. The van der Waals surface area contributed by atoms with Crippen LogP contribution in [-0.2, 0) is 0 Å². The number of nitrogens with zero attached hydrogens (tertiary/aromatic N) is 2. The lowest BCUT2D eigenvalue weighted by Crippen LogP contribution is -2.48. The van der Waals surface area contributed by atoms with E-state index in [1.54, 1.807) is 7.11 Å². The molecule has 0 bridgehead atoms. The fourth-order valence-electron chi connectivity index (χ4n) is 4.07. The summed E-state index contributed by atoms with van der Waals surface area (Å²) < 4.78 is 17.4. The number of carbonyl (C=O) groups is 1. The molecule has 0 N–H and O–H groups in total. The number of piperazine rings is 1. The Bertz CT molecular complexity index is 917. The van der Waals surface area contributed by atoms with Crippen LogP contribution in [0.3, 0.4) is 0 Å². The van der Waals surface area contributed by atoms with Gasteiger partial charge in [0.1, 0.15) is 5.75 Å². The van der Waals surface area contributed by atoms with Crippen LogP contribution in [0.2, 0.25) is 0 Å². The van der Waals surface area contributed by atoms with Gasteiger partial charge >= 0.3 is 0 Å². The number of methoxy groups -OCH3 is 1. The largest absolute Gasteiger partial charge is 0.495 e. The maximum absolute atomic E-state index is 13.1. The predicted molar refractivity (Wildman–Crippen MR) is 110 cm³/mol. The van der Waals surface area contributed by atoms with Gasteiger partial charge in [-0.05, 0) is 43.2 Å². The number of fused-ring (bicyclic) bond motifs is 1. The number of benzene rings is 2. The lowest BCUT2D eigenvalue weighted by atomic mass is 10.1. The molecule has 1 amide bonds. The van der Waals surface area contributed by atoms with E-state index in [9.17, 15) is 4.79 Å². The topological polar surface area (TPSA) is 51.2 Å². The molecule has 0 aromatic heterocycles. The van der Waals surface area contributed by atoms with E-state index in [0.717, 1.165) is 43.1 Å². The van der Waals surface area contributed by atoms with Crippen molar-refractivity contribution in [1.82, 2.24) is 4.90 Å². The fourth-order valence-corrected chi connectivity index (χ4v) is 4.07. The quantitative estimate of drug-likeness (QED) is 0.800. The fraction of sp³-hybridized carbons (Fsp3) is 0.435. The van der Waals surface area contributed by atoms with Crippen LogP contribution in [0.15, 0.2) is 42.5 Å². The van der Waals surface area contributed by atoms with Gasteiger partial charge in [-0.25, -0.2) is 0 Å².